The quantitative estimate of drug-likeness (QED) is 0.331. The second-order valence-corrected chi connectivity index (χ2v) is 5.67. The molecule has 3 aromatic rings. The molecule has 23 heavy (non-hydrogen) atoms. The Morgan fingerprint density at radius 1 is 1.00 bits per heavy atom. The molecule has 0 aliphatic rings. The molecule has 4 nitrogen and oxygen atoms in total. The van der Waals surface area contributed by atoms with Crippen LogP contribution in [0.5, 0.6) is 5.75 Å². The Bertz CT molecular complexity index is 858. The number of allylic oxidation sites excluding steroid dienone is 1. The number of carbonyl (C=O) groups is 2. The van der Waals surface area contributed by atoms with Gasteiger partial charge >= 0.3 is 0 Å². The molecular weight excluding hydrogens is 312 g/mol. The lowest BCUT2D eigenvalue weighted by molar-refractivity contribution is 0.0965. The normalized spacial score (nSPS) is 11.4. The highest BCUT2D eigenvalue weighted by Crippen LogP contribution is 2.24. The predicted octanol–water partition coefficient (Wildman–Crippen LogP) is 4.20. The molecule has 0 atom stereocenters. The van der Waals surface area contributed by atoms with Crippen molar-refractivity contribution < 1.29 is 19.1 Å². The molecule has 0 aliphatic carbocycles. The molecule has 0 bridgehead atoms. The molecule has 114 valence electrons. The average Bonchev–Trinajstić information content (AvgIpc) is 3.25. The molecule has 0 unspecified atom stereocenters. The van der Waals surface area contributed by atoms with Gasteiger partial charge in [0, 0.05) is 0 Å². The third kappa shape index (κ3) is 3.14. The molecule has 0 aliphatic heterocycles. The predicted molar refractivity (Wildman–Crippen MR) is 87.8 cm³/mol. The highest BCUT2D eigenvalue weighted by molar-refractivity contribution is 7.12. The van der Waals surface area contributed by atoms with Crippen molar-refractivity contribution in [3.8, 4) is 5.75 Å². The van der Waals surface area contributed by atoms with E-state index in [1.807, 2.05) is 0 Å². The van der Waals surface area contributed by atoms with E-state index < -0.39 is 11.6 Å². The standard InChI is InChI=1S/C18H12O4S/c19-15-7-2-1-6-13(15)17(20)14(11-12-5-3-9-22-12)18(21)16-8-4-10-23-16/h1-11,19H. The Kier molecular flexibility index (Phi) is 4.21. The van der Waals surface area contributed by atoms with Crippen molar-refractivity contribution in [2.45, 2.75) is 0 Å². The summed E-state index contributed by atoms with van der Waals surface area (Å²) in [6, 6.07) is 12.9. The van der Waals surface area contributed by atoms with E-state index in [1.165, 1.54) is 35.8 Å². The molecule has 2 aromatic heterocycles. The maximum atomic E-state index is 12.7. The third-order valence-corrected chi connectivity index (χ3v) is 4.08. The first-order valence-electron chi connectivity index (χ1n) is 6.83. The van der Waals surface area contributed by atoms with Crippen LogP contribution in [-0.4, -0.2) is 16.7 Å². The molecule has 2 heterocycles. The second-order valence-electron chi connectivity index (χ2n) is 4.73. The Balaban J connectivity index is 2.07. The number of para-hydroxylation sites is 1. The highest BCUT2D eigenvalue weighted by Gasteiger charge is 2.24. The molecule has 0 fully saturated rings. The number of hydrogen-bond donors (Lipinski definition) is 1. The number of phenolic OH excluding ortho intramolecular Hbond substituents is 1. The summed E-state index contributed by atoms with van der Waals surface area (Å²) in [4.78, 5) is 25.8. The van der Waals surface area contributed by atoms with Crippen molar-refractivity contribution >= 4 is 29.0 Å². The van der Waals surface area contributed by atoms with Crippen LogP contribution in [0.25, 0.3) is 6.08 Å². The molecule has 0 saturated carbocycles. The number of ketones is 2. The van der Waals surface area contributed by atoms with Crippen molar-refractivity contribution in [2.75, 3.05) is 0 Å². The molecule has 0 amide bonds. The van der Waals surface area contributed by atoms with E-state index in [9.17, 15) is 14.7 Å². The Hall–Kier alpha value is -2.92. The fourth-order valence-corrected chi connectivity index (χ4v) is 2.78. The molecule has 1 aromatic carbocycles. The van der Waals surface area contributed by atoms with Gasteiger partial charge in [-0.25, -0.2) is 0 Å². The molecule has 0 spiro atoms. The molecular formula is C18H12O4S. The highest BCUT2D eigenvalue weighted by atomic mass is 32.1. The fourth-order valence-electron chi connectivity index (χ4n) is 2.10. The number of benzene rings is 1. The summed E-state index contributed by atoms with van der Waals surface area (Å²) in [5.41, 5.74) is 0.0270. The van der Waals surface area contributed by atoms with Crippen LogP contribution in [-0.2, 0) is 0 Å². The van der Waals surface area contributed by atoms with Gasteiger partial charge in [-0.1, -0.05) is 18.2 Å². The van der Waals surface area contributed by atoms with Gasteiger partial charge in [0.25, 0.3) is 0 Å². The third-order valence-electron chi connectivity index (χ3n) is 3.21. The van der Waals surface area contributed by atoms with Crippen LogP contribution in [0.15, 0.2) is 70.2 Å². The van der Waals surface area contributed by atoms with Gasteiger partial charge in [-0.2, -0.15) is 0 Å². The smallest absolute Gasteiger partial charge is 0.207 e. The van der Waals surface area contributed by atoms with E-state index in [0.717, 1.165) is 0 Å². The van der Waals surface area contributed by atoms with Crippen molar-refractivity contribution in [2.24, 2.45) is 0 Å². The molecule has 3 rings (SSSR count). The summed E-state index contributed by atoms with van der Waals surface area (Å²) in [6.07, 6.45) is 2.86. The van der Waals surface area contributed by atoms with Gasteiger partial charge in [-0.05, 0) is 41.8 Å². The Morgan fingerprint density at radius 3 is 2.48 bits per heavy atom. The maximum absolute atomic E-state index is 12.7. The van der Waals surface area contributed by atoms with E-state index in [0.29, 0.717) is 10.6 Å². The van der Waals surface area contributed by atoms with Crippen molar-refractivity contribution in [3.63, 3.8) is 0 Å². The first kappa shape index (κ1) is 15.0. The van der Waals surface area contributed by atoms with Gasteiger partial charge in [0.1, 0.15) is 11.5 Å². The van der Waals surface area contributed by atoms with Crippen molar-refractivity contribution in [1.29, 1.82) is 0 Å². The lowest BCUT2D eigenvalue weighted by Gasteiger charge is -2.06. The van der Waals surface area contributed by atoms with Gasteiger partial charge in [0.05, 0.1) is 22.3 Å². The fraction of sp³-hybridized carbons (Fsp3) is 0. The molecule has 5 heteroatoms. The Morgan fingerprint density at radius 2 is 1.83 bits per heavy atom. The zero-order valence-corrected chi connectivity index (χ0v) is 12.7. The number of rotatable bonds is 5. The Labute approximate surface area is 136 Å². The van der Waals surface area contributed by atoms with Crippen LogP contribution in [0.1, 0.15) is 25.8 Å². The number of phenols is 1. The minimum absolute atomic E-state index is 0.0519. The lowest BCUT2D eigenvalue weighted by Crippen LogP contribution is -2.13. The summed E-state index contributed by atoms with van der Waals surface area (Å²) in [7, 11) is 0. The summed E-state index contributed by atoms with van der Waals surface area (Å²) in [5.74, 6) is -0.710. The monoisotopic (exact) mass is 324 g/mol. The minimum atomic E-state index is -0.544. The number of furan rings is 1. The maximum Gasteiger partial charge on any atom is 0.207 e. The van der Waals surface area contributed by atoms with E-state index in [1.54, 1.807) is 41.8 Å². The van der Waals surface area contributed by atoms with E-state index in [4.69, 9.17) is 4.42 Å². The molecule has 0 radical (unpaired) electrons. The van der Waals surface area contributed by atoms with Gasteiger partial charge in [0.2, 0.25) is 11.6 Å². The van der Waals surface area contributed by atoms with Crippen LogP contribution in [0.2, 0.25) is 0 Å². The van der Waals surface area contributed by atoms with Crippen LogP contribution >= 0.6 is 11.3 Å². The van der Waals surface area contributed by atoms with Crippen molar-refractivity contribution in [1.82, 2.24) is 0 Å². The summed E-state index contributed by atoms with van der Waals surface area (Å²) >= 11 is 1.25. The number of Topliss-reactive ketones (excluding diaryl/α,β-unsaturated/α-hetero) is 2. The van der Waals surface area contributed by atoms with Crippen LogP contribution in [0, 0.1) is 0 Å². The van der Waals surface area contributed by atoms with E-state index >= 15 is 0 Å². The zero-order valence-electron chi connectivity index (χ0n) is 11.9. The van der Waals surface area contributed by atoms with E-state index in [2.05, 4.69) is 0 Å². The van der Waals surface area contributed by atoms with Crippen LogP contribution < -0.4 is 0 Å². The zero-order chi connectivity index (χ0) is 16.2. The number of carbonyl (C=O) groups excluding carboxylic acids is 2. The number of hydrogen-bond acceptors (Lipinski definition) is 5. The number of thiophene rings is 1. The molecule has 0 saturated heterocycles. The SMILES string of the molecule is O=C(C(=Cc1ccco1)C(=O)c1ccccc1O)c1cccs1. The first-order chi connectivity index (χ1) is 11.2. The summed E-state index contributed by atoms with van der Waals surface area (Å²) in [5, 5.41) is 11.7. The van der Waals surface area contributed by atoms with Gasteiger partial charge in [-0.3, -0.25) is 9.59 Å². The van der Waals surface area contributed by atoms with Crippen LogP contribution in [0.3, 0.4) is 0 Å². The largest absolute Gasteiger partial charge is 0.507 e. The van der Waals surface area contributed by atoms with Gasteiger partial charge in [0.15, 0.2) is 0 Å². The average molecular weight is 324 g/mol. The van der Waals surface area contributed by atoms with Crippen LogP contribution in [0.4, 0.5) is 0 Å². The lowest BCUT2D eigenvalue weighted by atomic mass is 9.97. The molecule has 1 N–H and O–H groups in total. The van der Waals surface area contributed by atoms with Crippen molar-refractivity contribution in [3.05, 3.63) is 81.9 Å². The van der Waals surface area contributed by atoms with Gasteiger partial charge in [-0.15, -0.1) is 11.3 Å². The summed E-state index contributed by atoms with van der Waals surface area (Å²) < 4.78 is 5.21. The van der Waals surface area contributed by atoms with E-state index in [-0.39, 0.29) is 16.9 Å². The number of aromatic hydroxyl groups is 1. The second kappa shape index (κ2) is 6.46. The van der Waals surface area contributed by atoms with Gasteiger partial charge < -0.3 is 9.52 Å². The minimum Gasteiger partial charge on any atom is -0.507 e. The first-order valence-corrected chi connectivity index (χ1v) is 7.71. The summed E-state index contributed by atoms with van der Waals surface area (Å²) in [6.45, 7) is 0. The topological polar surface area (TPSA) is 67.5 Å².